The van der Waals surface area contributed by atoms with Gasteiger partial charge in [-0.15, -0.1) is 0 Å². The summed E-state index contributed by atoms with van der Waals surface area (Å²) in [6.07, 6.45) is 4.60. The van der Waals surface area contributed by atoms with Gasteiger partial charge in [0, 0.05) is 11.5 Å². The van der Waals surface area contributed by atoms with Gasteiger partial charge in [0.2, 0.25) is 0 Å². The maximum Gasteiger partial charge on any atom is 0.114 e. The minimum absolute atomic E-state index is 0.0550. The Morgan fingerprint density at radius 1 is 1.44 bits per heavy atom. The van der Waals surface area contributed by atoms with E-state index in [2.05, 4.69) is 11.9 Å². The van der Waals surface area contributed by atoms with E-state index in [1.165, 1.54) is 12.8 Å². The SMILES string of the molecule is CC1(c2nc3c(Cl)cccc3[nH]2)CCCCC1N. The van der Waals surface area contributed by atoms with E-state index < -0.39 is 0 Å². The number of aromatic nitrogens is 2. The van der Waals surface area contributed by atoms with Crippen LogP contribution in [0.15, 0.2) is 18.2 Å². The molecule has 1 fully saturated rings. The number of H-pyrrole nitrogens is 1. The summed E-state index contributed by atoms with van der Waals surface area (Å²) in [6, 6.07) is 5.99. The summed E-state index contributed by atoms with van der Waals surface area (Å²) in [5.41, 5.74) is 8.11. The van der Waals surface area contributed by atoms with Gasteiger partial charge in [0.15, 0.2) is 0 Å². The van der Waals surface area contributed by atoms with Gasteiger partial charge in [0.05, 0.1) is 10.5 Å². The predicted octanol–water partition coefficient (Wildman–Crippen LogP) is 3.38. The molecule has 1 heterocycles. The molecule has 3 rings (SSSR count). The molecule has 2 unspecified atom stereocenters. The fraction of sp³-hybridized carbons (Fsp3) is 0.500. The average Bonchev–Trinajstić information content (AvgIpc) is 2.79. The van der Waals surface area contributed by atoms with Crippen LogP contribution in [0.4, 0.5) is 0 Å². The topological polar surface area (TPSA) is 54.7 Å². The third-order valence-electron chi connectivity index (χ3n) is 4.28. The first-order chi connectivity index (χ1) is 8.61. The Morgan fingerprint density at radius 2 is 2.28 bits per heavy atom. The molecule has 96 valence electrons. The molecule has 2 aromatic rings. The maximum absolute atomic E-state index is 6.31. The number of fused-ring (bicyclic) bond motifs is 1. The van der Waals surface area contributed by atoms with Crippen molar-refractivity contribution in [3.05, 3.63) is 29.0 Å². The summed E-state index contributed by atoms with van der Waals surface area (Å²) in [4.78, 5) is 8.09. The van der Waals surface area contributed by atoms with Crippen molar-refractivity contribution in [3.63, 3.8) is 0 Å². The highest BCUT2D eigenvalue weighted by molar-refractivity contribution is 6.34. The number of hydrogen-bond donors (Lipinski definition) is 2. The molecule has 2 atom stereocenters. The van der Waals surface area contributed by atoms with Crippen molar-refractivity contribution in [3.8, 4) is 0 Å². The summed E-state index contributed by atoms with van der Waals surface area (Å²) in [5.74, 6) is 0.984. The highest BCUT2D eigenvalue weighted by Crippen LogP contribution is 2.38. The molecule has 0 bridgehead atoms. The average molecular weight is 264 g/mol. The second-order valence-corrected chi connectivity index (χ2v) is 5.90. The summed E-state index contributed by atoms with van der Waals surface area (Å²) < 4.78 is 0. The number of benzene rings is 1. The van der Waals surface area contributed by atoms with Crippen LogP contribution in [-0.4, -0.2) is 16.0 Å². The highest BCUT2D eigenvalue weighted by atomic mass is 35.5. The third kappa shape index (κ3) is 1.73. The number of nitrogens with zero attached hydrogens (tertiary/aromatic N) is 1. The van der Waals surface area contributed by atoms with E-state index in [1.807, 2.05) is 18.2 Å². The van der Waals surface area contributed by atoms with Gasteiger partial charge >= 0.3 is 0 Å². The van der Waals surface area contributed by atoms with Gasteiger partial charge < -0.3 is 10.7 Å². The Morgan fingerprint density at radius 3 is 3.00 bits per heavy atom. The zero-order valence-electron chi connectivity index (χ0n) is 10.5. The number of nitrogens with one attached hydrogen (secondary N) is 1. The van der Waals surface area contributed by atoms with E-state index in [0.29, 0.717) is 5.02 Å². The molecule has 0 amide bonds. The monoisotopic (exact) mass is 263 g/mol. The van der Waals surface area contributed by atoms with Crippen LogP contribution in [0.2, 0.25) is 5.02 Å². The molecule has 0 saturated heterocycles. The van der Waals surface area contributed by atoms with Gasteiger partial charge in [-0.25, -0.2) is 4.98 Å². The van der Waals surface area contributed by atoms with Crippen LogP contribution in [-0.2, 0) is 5.41 Å². The van der Waals surface area contributed by atoms with E-state index in [1.54, 1.807) is 0 Å². The van der Waals surface area contributed by atoms with Gasteiger partial charge in [-0.3, -0.25) is 0 Å². The molecule has 0 aliphatic heterocycles. The number of nitrogens with two attached hydrogens (primary N) is 1. The Kier molecular flexibility index (Phi) is 2.83. The molecule has 1 aliphatic carbocycles. The lowest BCUT2D eigenvalue weighted by molar-refractivity contribution is 0.260. The van der Waals surface area contributed by atoms with Crippen LogP contribution in [0.3, 0.4) is 0 Å². The number of imidazole rings is 1. The molecule has 0 spiro atoms. The van der Waals surface area contributed by atoms with Crippen molar-refractivity contribution in [2.24, 2.45) is 5.73 Å². The first-order valence-corrected chi connectivity index (χ1v) is 6.89. The molecular formula is C14H18ClN3. The first-order valence-electron chi connectivity index (χ1n) is 6.51. The van der Waals surface area contributed by atoms with Gasteiger partial charge in [-0.1, -0.05) is 37.4 Å². The van der Waals surface area contributed by atoms with E-state index >= 15 is 0 Å². The largest absolute Gasteiger partial charge is 0.341 e. The Labute approximate surface area is 112 Å². The quantitative estimate of drug-likeness (QED) is 0.829. The lowest BCUT2D eigenvalue weighted by Crippen LogP contribution is -2.46. The molecular weight excluding hydrogens is 246 g/mol. The van der Waals surface area contributed by atoms with Gasteiger partial charge in [0.1, 0.15) is 11.3 Å². The molecule has 18 heavy (non-hydrogen) atoms. The normalized spacial score (nSPS) is 28.7. The lowest BCUT2D eigenvalue weighted by Gasteiger charge is -2.37. The molecule has 1 aliphatic rings. The van der Waals surface area contributed by atoms with Crippen molar-refractivity contribution < 1.29 is 0 Å². The van der Waals surface area contributed by atoms with Gasteiger partial charge in [0.25, 0.3) is 0 Å². The zero-order valence-corrected chi connectivity index (χ0v) is 11.3. The van der Waals surface area contributed by atoms with E-state index in [-0.39, 0.29) is 11.5 Å². The first kappa shape index (κ1) is 12.0. The van der Waals surface area contributed by atoms with Gasteiger partial charge in [-0.2, -0.15) is 0 Å². The Bertz CT molecular complexity index is 577. The number of aromatic amines is 1. The van der Waals surface area contributed by atoms with Crippen LogP contribution in [0.25, 0.3) is 11.0 Å². The van der Waals surface area contributed by atoms with Crippen molar-refractivity contribution >= 4 is 22.6 Å². The minimum Gasteiger partial charge on any atom is -0.341 e. The van der Waals surface area contributed by atoms with Crippen LogP contribution < -0.4 is 5.73 Å². The Balaban J connectivity index is 2.11. The number of para-hydroxylation sites is 1. The van der Waals surface area contributed by atoms with Crippen molar-refractivity contribution in [1.82, 2.24) is 9.97 Å². The van der Waals surface area contributed by atoms with E-state index in [4.69, 9.17) is 22.3 Å². The van der Waals surface area contributed by atoms with Gasteiger partial charge in [-0.05, 0) is 25.0 Å². The summed E-state index contributed by atoms with van der Waals surface area (Å²) in [5, 5.41) is 0.697. The smallest absolute Gasteiger partial charge is 0.114 e. The second-order valence-electron chi connectivity index (χ2n) is 5.49. The summed E-state index contributed by atoms with van der Waals surface area (Å²) in [7, 11) is 0. The molecule has 1 aromatic heterocycles. The molecule has 4 heteroatoms. The summed E-state index contributed by atoms with van der Waals surface area (Å²) in [6.45, 7) is 2.21. The second kappa shape index (κ2) is 4.25. The van der Waals surface area contributed by atoms with E-state index in [0.717, 1.165) is 29.7 Å². The van der Waals surface area contributed by atoms with Crippen LogP contribution in [0.1, 0.15) is 38.4 Å². The standard InChI is InChI=1S/C14H18ClN3/c1-14(8-3-2-7-11(14)16)13-17-10-6-4-5-9(15)12(10)18-13/h4-6,11H,2-3,7-8,16H2,1H3,(H,17,18). The van der Waals surface area contributed by atoms with Crippen molar-refractivity contribution in [2.75, 3.05) is 0 Å². The zero-order chi connectivity index (χ0) is 12.8. The maximum atomic E-state index is 6.31. The summed E-state index contributed by atoms with van der Waals surface area (Å²) >= 11 is 6.18. The van der Waals surface area contributed by atoms with E-state index in [9.17, 15) is 0 Å². The van der Waals surface area contributed by atoms with Crippen LogP contribution >= 0.6 is 11.6 Å². The highest BCUT2D eigenvalue weighted by Gasteiger charge is 2.38. The van der Waals surface area contributed by atoms with Crippen LogP contribution in [0.5, 0.6) is 0 Å². The van der Waals surface area contributed by atoms with Crippen molar-refractivity contribution in [1.29, 1.82) is 0 Å². The third-order valence-corrected chi connectivity index (χ3v) is 4.59. The fourth-order valence-electron chi connectivity index (χ4n) is 2.92. The number of halogens is 1. The number of hydrogen-bond acceptors (Lipinski definition) is 2. The minimum atomic E-state index is -0.0550. The Hall–Kier alpha value is -1.06. The molecule has 1 saturated carbocycles. The molecule has 0 radical (unpaired) electrons. The molecule has 3 nitrogen and oxygen atoms in total. The van der Waals surface area contributed by atoms with Crippen LogP contribution in [0, 0.1) is 0 Å². The molecule has 3 N–H and O–H groups in total. The van der Waals surface area contributed by atoms with Crippen molar-refractivity contribution in [2.45, 2.75) is 44.1 Å². The lowest BCUT2D eigenvalue weighted by atomic mass is 9.71. The fourth-order valence-corrected chi connectivity index (χ4v) is 3.14. The molecule has 1 aromatic carbocycles. The number of rotatable bonds is 1. The predicted molar refractivity (Wildman–Crippen MR) is 74.9 cm³/mol.